The van der Waals surface area contributed by atoms with Crippen LogP contribution in [0.4, 0.5) is 11.4 Å². The lowest BCUT2D eigenvalue weighted by atomic mass is 9.83. The Labute approximate surface area is 249 Å². The van der Waals surface area contributed by atoms with E-state index in [1.54, 1.807) is 18.8 Å². The minimum Gasteiger partial charge on any atom is -0.494 e. The Kier molecular flexibility index (Phi) is 8.45. The van der Waals surface area contributed by atoms with Gasteiger partial charge in [-0.05, 0) is 75.6 Å². The van der Waals surface area contributed by atoms with Crippen LogP contribution in [0, 0.1) is 17.8 Å². The molecule has 2 aromatic rings. The smallest absolute Gasteiger partial charge is 0.269 e. The van der Waals surface area contributed by atoms with Gasteiger partial charge in [0.15, 0.2) is 0 Å². The standard InChI is InChI=1S/C32H47N7O3/c1-5-23-19-27(37(3)35-23)31(40)34-30-22-7-6-21(18-22)29(30)32(41)33-26-9-8-25(20-28(26)42-4)38-12-10-24(11-13-38)39-16-14-36(2)15-17-39/h8-9,19-22,24,29-30H,5-7,10-18H2,1-4H3,(H,33,41)(H,34,40)/t21-,22+,29+,30-/m0/s1. The quantitative estimate of drug-likeness (QED) is 0.498. The number of likely N-dealkylation sites (N-methyl/N-ethyl adjacent to an activating group) is 1. The van der Waals surface area contributed by atoms with E-state index >= 15 is 0 Å². The van der Waals surface area contributed by atoms with Gasteiger partial charge in [-0.1, -0.05) is 6.92 Å². The number of ether oxygens (including phenoxy) is 1. The van der Waals surface area contributed by atoms with Gasteiger partial charge in [0.1, 0.15) is 11.4 Å². The number of amides is 2. The van der Waals surface area contributed by atoms with Gasteiger partial charge in [0.2, 0.25) is 5.91 Å². The van der Waals surface area contributed by atoms with Crippen LogP contribution in [0.25, 0.3) is 0 Å². The normalized spacial score (nSPS) is 26.9. The lowest BCUT2D eigenvalue weighted by Crippen LogP contribution is -2.52. The SMILES string of the molecule is CCc1cc(C(=O)N[C@H]2[C@@H]3CC[C@@H](C3)[C@H]2C(=O)Nc2ccc(N3CCC(N4CCN(C)CC4)CC3)cc2OC)n(C)n1. The molecule has 4 atom stereocenters. The maximum atomic E-state index is 13.8. The average Bonchev–Trinajstić information content (AvgIpc) is 3.72. The van der Waals surface area contributed by atoms with Gasteiger partial charge in [0, 0.05) is 70.2 Å². The summed E-state index contributed by atoms with van der Waals surface area (Å²) in [5, 5.41) is 10.8. The van der Waals surface area contributed by atoms with Crippen molar-refractivity contribution in [1.82, 2.24) is 24.9 Å². The summed E-state index contributed by atoms with van der Waals surface area (Å²) in [6.07, 6.45) is 6.17. The molecule has 228 valence electrons. The molecule has 3 heterocycles. The molecule has 1 aromatic heterocycles. The van der Waals surface area contributed by atoms with Crippen LogP contribution in [-0.2, 0) is 18.3 Å². The first-order chi connectivity index (χ1) is 20.3. The fourth-order valence-electron chi connectivity index (χ4n) is 7.89. The van der Waals surface area contributed by atoms with E-state index in [0.29, 0.717) is 29.1 Å². The fraction of sp³-hybridized carbons (Fsp3) is 0.656. The van der Waals surface area contributed by atoms with Crippen molar-refractivity contribution >= 4 is 23.2 Å². The highest BCUT2D eigenvalue weighted by Crippen LogP contribution is 2.49. The number of carbonyl (C=O) groups is 2. The first-order valence-electron chi connectivity index (χ1n) is 15.8. The highest BCUT2D eigenvalue weighted by atomic mass is 16.5. The molecule has 0 unspecified atom stereocenters. The summed E-state index contributed by atoms with van der Waals surface area (Å²) in [4.78, 5) is 34.5. The third-order valence-electron chi connectivity index (χ3n) is 10.4. The molecule has 10 heteroatoms. The van der Waals surface area contributed by atoms with Crippen LogP contribution in [0.2, 0.25) is 0 Å². The van der Waals surface area contributed by atoms with E-state index in [1.807, 2.05) is 19.1 Å². The third-order valence-corrected chi connectivity index (χ3v) is 10.4. The number of aromatic nitrogens is 2. The van der Waals surface area contributed by atoms with Crippen LogP contribution < -0.4 is 20.3 Å². The average molecular weight is 578 g/mol. The molecule has 1 aromatic carbocycles. The molecule has 2 N–H and O–H groups in total. The molecule has 4 aliphatic rings. The molecular weight excluding hydrogens is 530 g/mol. The number of benzene rings is 1. The number of nitrogens with zero attached hydrogens (tertiary/aromatic N) is 5. The number of piperazine rings is 1. The molecule has 2 aliphatic carbocycles. The Morgan fingerprint density at radius 2 is 1.71 bits per heavy atom. The molecule has 4 fully saturated rings. The van der Waals surface area contributed by atoms with E-state index in [2.05, 4.69) is 49.6 Å². The number of anilines is 2. The summed E-state index contributed by atoms with van der Waals surface area (Å²) in [5.41, 5.74) is 3.25. The number of methoxy groups -OCH3 is 1. The monoisotopic (exact) mass is 577 g/mol. The summed E-state index contributed by atoms with van der Waals surface area (Å²) < 4.78 is 7.41. The number of carbonyl (C=O) groups excluding carboxylic acids is 2. The second-order valence-corrected chi connectivity index (χ2v) is 12.8. The molecule has 2 amide bonds. The number of rotatable bonds is 8. The minimum atomic E-state index is -0.260. The Morgan fingerprint density at radius 3 is 2.40 bits per heavy atom. The van der Waals surface area contributed by atoms with Gasteiger partial charge in [-0.2, -0.15) is 5.10 Å². The van der Waals surface area contributed by atoms with E-state index < -0.39 is 0 Å². The first kappa shape index (κ1) is 29.0. The topological polar surface area (TPSA) is 95.0 Å². The second-order valence-electron chi connectivity index (χ2n) is 12.8. The summed E-state index contributed by atoms with van der Waals surface area (Å²) in [7, 11) is 5.66. The maximum Gasteiger partial charge on any atom is 0.269 e. The molecule has 6 rings (SSSR count). The van der Waals surface area contributed by atoms with Crippen molar-refractivity contribution in [2.75, 3.05) is 63.6 Å². The lowest BCUT2D eigenvalue weighted by molar-refractivity contribution is -0.122. The van der Waals surface area contributed by atoms with Crippen molar-refractivity contribution in [3.05, 3.63) is 35.7 Å². The lowest BCUT2D eigenvalue weighted by Gasteiger charge is -2.42. The van der Waals surface area contributed by atoms with E-state index in [9.17, 15) is 9.59 Å². The second kappa shape index (κ2) is 12.2. The molecule has 0 radical (unpaired) electrons. The molecule has 2 bridgehead atoms. The summed E-state index contributed by atoms with van der Waals surface area (Å²) >= 11 is 0. The van der Waals surface area contributed by atoms with Crippen LogP contribution in [0.15, 0.2) is 24.3 Å². The number of hydrogen-bond acceptors (Lipinski definition) is 7. The van der Waals surface area contributed by atoms with Gasteiger partial charge in [0.25, 0.3) is 5.91 Å². The van der Waals surface area contributed by atoms with Gasteiger partial charge in [-0.25, -0.2) is 0 Å². The molecule has 2 saturated carbocycles. The van der Waals surface area contributed by atoms with E-state index in [1.165, 1.54) is 25.9 Å². The highest BCUT2D eigenvalue weighted by molar-refractivity contribution is 5.97. The zero-order valence-electron chi connectivity index (χ0n) is 25.6. The maximum absolute atomic E-state index is 13.8. The van der Waals surface area contributed by atoms with Gasteiger partial charge in [-0.15, -0.1) is 0 Å². The minimum absolute atomic E-state index is 0.0363. The Morgan fingerprint density at radius 1 is 0.976 bits per heavy atom. The van der Waals surface area contributed by atoms with E-state index in [-0.39, 0.29) is 29.7 Å². The van der Waals surface area contributed by atoms with Crippen molar-refractivity contribution in [2.24, 2.45) is 24.8 Å². The van der Waals surface area contributed by atoms with Crippen LogP contribution in [-0.4, -0.2) is 96.9 Å². The molecule has 2 saturated heterocycles. The summed E-state index contributed by atoms with van der Waals surface area (Å²) in [6.45, 7) is 8.72. The van der Waals surface area contributed by atoms with Gasteiger partial charge in [0.05, 0.1) is 24.4 Å². The van der Waals surface area contributed by atoms with Crippen LogP contribution >= 0.6 is 0 Å². The van der Waals surface area contributed by atoms with Gasteiger partial charge < -0.3 is 25.2 Å². The summed E-state index contributed by atoms with van der Waals surface area (Å²) in [6, 6.07) is 8.46. The first-order valence-corrected chi connectivity index (χ1v) is 15.8. The van der Waals surface area contributed by atoms with Crippen LogP contribution in [0.5, 0.6) is 5.75 Å². The van der Waals surface area contributed by atoms with E-state index in [0.717, 1.165) is 63.2 Å². The van der Waals surface area contributed by atoms with Crippen molar-refractivity contribution in [1.29, 1.82) is 0 Å². The molecule has 42 heavy (non-hydrogen) atoms. The van der Waals surface area contributed by atoms with Gasteiger partial charge >= 0.3 is 0 Å². The Bertz CT molecular complexity index is 1280. The molecule has 2 aliphatic heterocycles. The zero-order chi connectivity index (χ0) is 29.4. The third kappa shape index (κ3) is 5.75. The van der Waals surface area contributed by atoms with Crippen molar-refractivity contribution in [3.8, 4) is 5.75 Å². The largest absolute Gasteiger partial charge is 0.494 e. The zero-order valence-corrected chi connectivity index (χ0v) is 25.6. The number of hydrogen-bond donors (Lipinski definition) is 2. The van der Waals surface area contributed by atoms with Crippen molar-refractivity contribution in [3.63, 3.8) is 0 Å². The Balaban J connectivity index is 1.10. The fourth-order valence-corrected chi connectivity index (χ4v) is 7.89. The summed E-state index contributed by atoms with van der Waals surface area (Å²) in [5.74, 6) is 0.831. The van der Waals surface area contributed by atoms with Crippen LogP contribution in [0.3, 0.4) is 0 Å². The van der Waals surface area contributed by atoms with Gasteiger partial charge in [-0.3, -0.25) is 19.2 Å². The number of aryl methyl sites for hydroxylation is 2. The van der Waals surface area contributed by atoms with Crippen LogP contribution in [0.1, 0.15) is 55.2 Å². The molecular formula is C32H47N7O3. The highest BCUT2D eigenvalue weighted by Gasteiger charge is 2.51. The molecule has 10 nitrogen and oxygen atoms in total. The number of fused-ring (bicyclic) bond motifs is 2. The predicted molar refractivity (Wildman–Crippen MR) is 164 cm³/mol. The Hall–Kier alpha value is -3.11. The predicted octanol–water partition coefficient (Wildman–Crippen LogP) is 2.99. The van der Waals surface area contributed by atoms with Crippen molar-refractivity contribution in [2.45, 2.75) is 57.5 Å². The van der Waals surface area contributed by atoms with E-state index in [4.69, 9.17) is 4.74 Å². The molecule has 0 spiro atoms. The van der Waals surface area contributed by atoms with Crippen molar-refractivity contribution < 1.29 is 14.3 Å². The number of nitrogens with one attached hydrogen (secondary N) is 2. The number of piperidine rings is 1.